The van der Waals surface area contributed by atoms with Gasteiger partial charge in [-0.05, 0) is 60.8 Å². The van der Waals surface area contributed by atoms with E-state index in [0.717, 1.165) is 54.4 Å². The number of fused-ring (bicyclic) bond motifs is 1. The Hall–Kier alpha value is -3.78. The van der Waals surface area contributed by atoms with E-state index < -0.39 is 0 Å². The summed E-state index contributed by atoms with van der Waals surface area (Å²) in [7, 11) is 1.61. The zero-order valence-electron chi connectivity index (χ0n) is 19.8. The highest BCUT2D eigenvalue weighted by Gasteiger charge is 2.19. The van der Waals surface area contributed by atoms with Crippen molar-refractivity contribution in [3.05, 3.63) is 60.2 Å². The number of amides is 1. The Morgan fingerprint density at radius 1 is 1.09 bits per heavy atom. The van der Waals surface area contributed by atoms with Crippen molar-refractivity contribution in [2.45, 2.75) is 19.4 Å². The third kappa shape index (κ3) is 5.49. The van der Waals surface area contributed by atoms with Crippen molar-refractivity contribution in [2.75, 3.05) is 38.7 Å². The van der Waals surface area contributed by atoms with E-state index in [4.69, 9.17) is 19.2 Å². The summed E-state index contributed by atoms with van der Waals surface area (Å²) < 4.78 is 17.1. The van der Waals surface area contributed by atoms with E-state index in [9.17, 15) is 4.79 Å². The van der Waals surface area contributed by atoms with Crippen LogP contribution in [0.3, 0.4) is 0 Å². The van der Waals surface area contributed by atoms with Gasteiger partial charge in [0, 0.05) is 30.8 Å². The number of ether oxygens (including phenoxy) is 3. The Morgan fingerprint density at radius 3 is 2.77 bits per heavy atom. The fraction of sp³-hybridized carbons (Fsp3) is 0.333. The van der Waals surface area contributed by atoms with Crippen LogP contribution in [0.2, 0.25) is 0 Å². The van der Waals surface area contributed by atoms with Crippen LogP contribution in [0.4, 0.5) is 11.4 Å². The molecule has 2 aromatic carbocycles. The van der Waals surface area contributed by atoms with Gasteiger partial charge in [0.15, 0.2) is 11.5 Å². The lowest BCUT2D eigenvalue weighted by Gasteiger charge is -2.22. The molecule has 8 heteroatoms. The molecule has 5 rings (SSSR count). The molecule has 1 fully saturated rings. The standard InChI is InChI=1S/C27H30N4O4/c1-33-27-23(10-9-22(31-27)21-3-2-4-24-26(21)35-14-13-34-24)30-20-7-5-18(6-8-20)16-28-17-19-11-12-29-25(32)15-19/h2-10,19,28,30H,11-17H2,1H3,(H,29,32). The second kappa shape index (κ2) is 10.7. The second-order valence-corrected chi connectivity index (χ2v) is 8.74. The van der Waals surface area contributed by atoms with Crippen LogP contribution in [-0.4, -0.2) is 44.3 Å². The van der Waals surface area contributed by atoms with Gasteiger partial charge < -0.3 is 30.2 Å². The molecule has 0 bridgehead atoms. The van der Waals surface area contributed by atoms with Crippen LogP contribution in [0.25, 0.3) is 11.3 Å². The number of hydrogen-bond donors (Lipinski definition) is 3. The molecule has 3 heterocycles. The zero-order valence-corrected chi connectivity index (χ0v) is 19.8. The molecule has 0 radical (unpaired) electrons. The fourth-order valence-electron chi connectivity index (χ4n) is 4.43. The summed E-state index contributed by atoms with van der Waals surface area (Å²) >= 11 is 0. The number of rotatable bonds is 8. The molecule has 2 aliphatic rings. The number of anilines is 2. The van der Waals surface area contributed by atoms with E-state index in [-0.39, 0.29) is 5.91 Å². The largest absolute Gasteiger partial charge is 0.486 e. The van der Waals surface area contributed by atoms with Gasteiger partial charge in [0.2, 0.25) is 11.8 Å². The van der Waals surface area contributed by atoms with Crippen LogP contribution in [0.5, 0.6) is 17.4 Å². The number of benzene rings is 2. The molecule has 8 nitrogen and oxygen atoms in total. The molecule has 3 aromatic rings. The van der Waals surface area contributed by atoms with Crippen molar-refractivity contribution in [1.82, 2.24) is 15.6 Å². The first kappa shape index (κ1) is 23.0. The van der Waals surface area contributed by atoms with Crippen molar-refractivity contribution in [3.63, 3.8) is 0 Å². The number of nitrogens with one attached hydrogen (secondary N) is 3. The van der Waals surface area contributed by atoms with Crippen LogP contribution in [0.15, 0.2) is 54.6 Å². The Kier molecular flexibility index (Phi) is 6.99. The Balaban J connectivity index is 1.23. The van der Waals surface area contributed by atoms with Gasteiger partial charge in [0.05, 0.1) is 12.8 Å². The summed E-state index contributed by atoms with van der Waals surface area (Å²) in [6, 6.07) is 18.0. The van der Waals surface area contributed by atoms with Gasteiger partial charge in [0.25, 0.3) is 0 Å². The maximum atomic E-state index is 11.5. The molecular weight excluding hydrogens is 444 g/mol. The molecule has 2 aliphatic heterocycles. The lowest BCUT2D eigenvalue weighted by molar-refractivity contribution is -0.123. The molecule has 3 N–H and O–H groups in total. The minimum absolute atomic E-state index is 0.155. The number of carbonyl (C=O) groups excluding carboxylic acids is 1. The van der Waals surface area contributed by atoms with Gasteiger partial charge in [-0.3, -0.25) is 4.79 Å². The normalized spacial score (nSPS) is 16.9. The number of methoxy groups -OCH3 is 1. The summed E-state index contributed by atoms with van der Waals surface area (Å²) in [4.78, 5) is 16.2. The molecule has 1 amide bonds. The zero-order chi connectivity index (χ0) is 24.0. The predicted octanol–water partition coefficient (Wildman–Crippen LogP) is 3.89. The van der Waals surface area contributed by atoms with E-state index in [1.807, 2.05) is 42.5 Å². The maximum absolute atomic E-state index is 11.5. The third-order valence-corrected chi connectivity index (χ3v) is 6.24. The van der Waals surface area contributed by atoms with Crippen LogP contribution >= 0.6 is 0 Å². The van der Waals surface area contributed by atoms with Gasteiger partial charge in [-0.25, -0.2) is 4.98 Å². The number of aromatic nitrogens is 1. The lowest BCUT2D eigenvalue weighted by Crippen LogP contribution is -2.37. The summed E-state index contributed by atoms with van der Waals surface area (Å²) in [5.41, 5.74) is 4.54. The van der Waals surface area contributed by atoms with E-state index >= 15 is 0 Å². The topological polar surface area (TPSA) is 93.7 Å². The van der Waals surface area contributed by atoms with Gasteiger partial charge in [-0.15, -0.1) is 0 Å². The Bertz CT molecular complexity index is 1180. The van der Waals surface area contributed by atoms with Crippen LogP contribution < -0.4 is 30.2 Å². The quantitative estimate of drug-likeness (QED) is 0.456. The van der Waals surface area contributed by atoms with E-state index in [0.29, 0.717) is 37.2 Å². The maximum Gasteiger partial charge on any atom is 0.238 e. The summed E-state index contributed by atoms with van der Waals surface area (Å²) in [6.45, 7) is 3.46. The van der Waals surface area contributed by atoms with Crippen molar-refractivity contribution in [2.24, 2.45) is 5.92 Å². The average Bonchev–Trinajstić information content (AvgIpc) is 2.90. The number of para-hydroxylation sites is 1. The summed E-state index contributed by atoms with van der Waals surface area (Å²) in [5.74, 6) is 2.51. The van der Waals surface area contributed by atoms with Crippen LogP contribution in [0, 0.1) is 5.92 Å². The first-order valence-electron chi connectivity index (χ1n) is 12.0. The smallest absolute Gasteiger partial charge is 0.238 e. The fourth-order valence-corrected chi connectivity index (χ4v) is 4.43. The molecule has 0 spiro atoms. The van der Waals surface area contributed by atoms with Crippen molar-refractivity contribution >= 4 is 17.3 Å². The summed E-state index contributed by atoms with van der Waals surface area (Å²) in [5, 5.41) is 9.75. The Labute approximate surface area is 205 Å². The van der Waals surface area contributed by atoms with Crippen molar-refractivity contribution in [1.29, 1.82) is 0 Å². The minimum atomic E-state index is 0.155. The monoisotopic (exact) mass is 474 g/mol. The van der Waals surface area contributed by atoms with Gasteiger partial charge >= 0.3 is 0 Å². The number of hydrogen-bond acceptors (Lipinski definition) is 7. The minimum Gasteiger partial charge on any atom is -0.486 e. The Morgan fingerprint density at radius 2 is 1.94 bits per heavy atom. The third-order valence-electron chi connectivity index (χ3n) is 6.24. The van der Waals surface area contributed by atoms with Gasteiger partial charge in [-0.2, -0.15) is 0 Å². The first-order chi connectivity index (χ1) is 17.2. The molecule has 182 valence electrons. The molecular formula is C27H30N4O4. The number of nitrogens with zero attached hydrogens (tertiary/aromatic N) is 1. The lowest BCUT2D eigenvalue weighted by atomic mass is 9.97. The summed E-state index contributed by atoms with van der Waals surface area (Å²) in [6.07, 6.45) is 1.64. The highest BCUT2D eigenvalue weighted by Crippen LogP contribution is 2.40. The van der Waals surface area contributed by atoms with Gasteiger partial charge in [0.1, 0.15) is 18.9 Å². The first-order valence-corrected chi connectivity index (χ1v) is 12.0. The molecule has 0 saturated carbocycles. The number of piperidine rings is 1. The molecule has 1 atom stereocenters. The molecule has 1 unspecified atom stereocenters. The van der Waals surface area contributed by atoms with E-state index in [2.05, 4.69) is 28.1 Å². The molecule has 0 aliphatic carbocycles. The highest BCUT2D eigenvalue weighted by atomic mass is 16.6. The molecule has 1 aromatic heterocycles. The predicted molar refractivity (Wildman–Crippen MR) is 134 cm³/mol. The molecule has 1 saturated heterocycles. The SMILES string of the molecule is COc1nc(-c2cccc3c2OCCO3)ccc1Nc1ccc(CNCC2CCNC(=O)C2)cc1. The van der Waals surface area contributed by atoms with Crippen LogP contribution in [0.1, 0.15) is 18.4 Å². The van der Waals surface area contributed by atoms with Crippen molar-refractivity contribution in [3.8, 4) is 28.6 Å². The average molecular weight is 475 g/mol. The van der Waals surface area contributed by atoms with Crippen LogP contribution in [-0.2, 0) is 11.3 Å². The number of carbonyl (C=O) groups is 1. The van der Waals surface area contributed by atoms with E-state index in [1.165, 1.54) is 5.56 Å². The highest BCUT2D eigenvalue weighted by molar-refractivity contribution is 5.77. The van der Waals surface area contributed by atoms with Crippen molar-refractivity contribution < 1.29 is 19.0 Å². The number of pyridine rings is 1. The molecule has 35 heavy (non-hydrogen) atoms. The van der Waals surface area contributed by atoms with Gasteiger partial charge in [-0.1, -0.05) is 18.2 Å². The van der Waals surface area contributed by atoms with E-state index in [1.54, 1.807) is 7.11 Å². The second-order valence-electron chi connectivity index (χ2n) is 8.74.